The van der Waals surface area contributed by atoms with Crippen LogP contribution in [0.5, 0.6) is 5.75 Å². The lowest BCUT2D eigenvalue weighted by molar-refractivity contribution is 0.413. The lowest BCUT2D eigenvalue weighted by Gasteiger charge is -2.13. The van der Waals surface area contributed by atoms with Crippen LogP contribution in [0.1, 0.15) is 29.7 Å². The van der Waals surface area contributed by atoms with E-state index in [1.807, 2.05) is 12.1 Å². The Morgan fingerprint density at radius 2 is 1.90 bits per heavy atom. The van der Waals surface area contributed by atoms with Crippen LogP contribution in [0.2, 0.25) is 0 Å². The molecule has 0 radical (unpaired) electrons. The summed E-state index contributed by atoms with van der Waals surface area (Å²) in [6.45, 7) is 5.10. The largest absolute Gasteiger partial charge is 0.497 e. The first-order valence-electron chi connectivity index (χ1n) is 7.29. The molecule has 0 saturated heterocycles. The van der Waals surface area contributed by atoms with Crippen molar-refractivity contribution >= 4 is 6.08 Å². The van der Waals surface area contributed by atoms with Gasteiger partial charge in [0.05, 0.1) is 7.11 Å². The number of nitrogens with one attached hydrogen (secondary N) is 1. The maximum atomic E-state index is 5.26. The third-order valence-corrected chi connectivity index (χ3v) is 3.52. The fourth-order valence-corrected chi connectivity index (χ4v) is 2.15. The Morgan fingerprint density at radius 3 is 2.62 bits per heavy atom. The summed E-state index contributed by atoms with van der Waals surface area (Å²) in [4.78, 5) is 0. The van der Waals surface area contributed by atoms with E-state index in [-0.39, 0.29) is 0 Å². The van der Waals surface area contributed by atoms with Crippen LogP contribution < -0.4 is 10.1 Å². The van der Waals surface area contributed by atoms with E-state index in [2.05, 4.69) is 67.7 Å². The van der Waals surface area contributed by atoms with Crippen LogP contribution in [0.3, 0.4) is 0 Å². The third-order valence-electron chi connectivity index (χ3n) is 3.52. The minimum Gasteiger partial charge on any atom is -0.497 e. The molecule has 0 amide bonds. The monoisotopic (exact) mass is 281 g/mol. The molecule has 1 N–H and O–H groups in total. The van der Waals surface area contributed by atoms with Gasteiger partial charge in [-0.3, -0.25) is 0 Å². The van der Waals surface area contributed by atoms with E-state index in [1.165, 1.54) is 16.7 Å². The van der Waals surface area contributed by atoms with Gasteiger partial charge < -0.3 is 10.1 Å². The molecule has 2 aromatic carbocycles. The number of aryl methyl sites for hydroxylation is 1. The lowest BCUT2D eigenvalue weighted by atomic mass is 10.1. The molecule has 0 aliphatic carbocycles. The van der Waals surface area contributed by atoms with Crippen molar-refractivity contribution in [3.05, 3.63) is 71.3 Å². The molecule has 2 rings (SSSR count). The smallest absolute Gasteiger partial charge is 0.119 e. The number of ether oxygens (including phenoxy) is 1. The Kier molecular flexibility index (Phi) is 5.59. The highest BCUT2D eigenvalue weighted by atomic mass is 16.5. The normalized spacial score (nSPS) is 12.5. The first kappa shape index (κ1) is 15.3. The van der Waals surface area contributed by atoms with Crippen LogP contribution in [-0.2, 0) is 0 Å². The molecule has 2 nitrogen and oxygen atoms in total. The van der Waals surface area contributed by atoms with Gasteiger partial charge in [0.2, 0.25) is 0 Å². The Balaban J connectivity index is 1.86. The first-order valence-corrected chi connectivity index (χ1v) is 7.29. The van der Waals surface area contributed by atoms with Crippen LogP contribution in [0.15, 0.2) is 54.6 Å². The van der Waals surface area contributed by atoms with Crippen molar-refractivity contribution in [2.75, 3.05) is 13.7 Å². The van der Waals surface area contributed by atoms with E-state index in [0.717, 1.165) is 12.3 Å². The molecular weight excluding hydrogens is 258 g/mol. The summed E-state index contributed by atoms with van der Waals surface area (Å²) >= 11 is 0. The number of hydrogen-bond donors (Lipinski definition) is 1. The summed E-state index contributed by atoms with van der Waals surface area (Å²) in [7, 11) is 1.70. The Labute approximate surface area is 127 Å². The molecule has 0 heterocycles. The topological polar surface area (TPSA) is 21.3 Å². The van der Waals surface area contributed by atoms with Gasteiger partial charge in [-0.2, -0.15) is 0 Å². The van der Waals surface area contributed by atoms with Gasteiger partial charge in [0, 0.05) is 12.6 Å². The molecule has 0 aromatic heterocycles. The van der Waals surface area contributed by atoms with E-state index < -0.39 is 0 Å². The van der Waals surface area contributed by atoms with Crippen molar-refractivity contribution in [2.24, 2.45) is 0 Å². The molecule has 0 aliphatic rings. The second-order valence-corrected chi connectivity index (χ2v) is 5.22. The summed E-state index contributed by atoms with van der Waals surface area (Å²) in [5, 5.41) is 3.49. The van der Waals surface area contributed by atoms with Crippen LogP contribution in [-0.4, -0.2) is 13.7 Å². The SMILES string of the molecule is COc1cccc(C(C)NCC=Cc2ccc(C)cc2)c1. The predicted molar refractivity (Wildman–Crippen MR) is 89.6 cm³/mol. The molecule has 0 fully saturated rings. The Hall–Kier alpha value is -2.06. The average Bonchev–Trinajstić information content (AvgIpc) is 2.53. The van der Waals surface area contributed by atoms with Gasteiger partial charge in [0.25, 0.3) is 0 Å². The van der Waals surface area contributed by atoms with Gasteiger partial charge in [-0.25, -0.2) is 0 Å². The van der Waals surface area contributed by atoms with Crippen molar-refractivity contribution in [1.82, 2.24) is 5.32 Å². The number of rotatable bonds is 6. The fraction of sp³-hybridized carbons (Fsp3) is 0.263. The van der Waals surface area contributed by atoms with Gasteiger partial charge in [0.15, 0.2) is 0 Å². The quantitative estimate of drug-likeness (QED) is 0.849. The zero-order valence-corrected chi connectivity index (χ0v) is 13.0. The summed E-state index contributed by atoms with van der Waals surface area (Å²) < 4.78 is 5.26. The maximum absolute atomic E-state index is 5.26. The van der Waals surface area contributed by atoms with Gasteiger partial charge in [-0.1, -0.05) is 54.1 Å². The van der Waals surface area contributed by atoms with Gasteiger partial charge >= 0.3 is 0 Å². The van der Waals surface area contributed by atoms with E-state index in [9.17, 15) is 0 Å². The molecule has 1 atom stereocenters. The molecule has 2 aromatic rings. The Morgan fingerprint density at radius 1 is 1.14 bits per heavy atom. The molecular formula is C19H23NO. The summed E-state index contributed by atoms with van der Waals surface area (Å²) in [6.07, 6.45) is 4.30. The second kappa shape index (κ2) is 7.65. The number of benzene rings is 2. The van der Waals surface area contributed by atoms with Crippen molar-refractivity contribution in [1.29, 1.82) is 0 Å². The summed E-state index contributed by atoms with van der Waals surface area (Å²) in [5.41, 5.74) is 3.76. The van der Waals surface area contributed by atoms with Gasteiger partial charge in [0.1, 0.15) is 5.75 Å². The van der Waals surface area contributed by atoms with Crippen LogP contribution in [0, 0.1) is 6.92 Å². The van der Waals surface area contributed by atoms with E-state index >= 15 is 0 Å². The van der Waals surface area contributed by atoms with Crippen molar-refractivity contribution in [3.63, 3.8) is 0 Å². The van der Waals surface area contributed by atoms with E-state index in [0.29, 0.717) is 6.04 Å². The second-order valence-electron chi connectivity index (χ2n) is 5.22. The number of methoxy groups -OCH3 is 1. The third kappa shape index (κ3) is 4.76. The molecule has 0 aliphatic heterocycles. The summed E-state index contributed by atoms with van der Waals surface area (Å²) in [6, 6.07) is 17.0. The van der Waals surface area contributed by atoms with Gasteiger partial charge in [-0.15, -0.1) is 0 Å². The first-order chi connectivity index (χ1) is 10.2. The molecule has 110 valence electrons. The van der Waals surface area contributed by atoms with Gasteiger partial charge in [-0.05, 0) is 37.1 Å². The van der Waals surface area contributed by atoms with Crippen LogP contribution >= 0.6 is 0 Å². The zero-order valence-electron chi connectivity index (χ0n) is 13.0. The fourth-order valence-electron chi connectivity index (χ4n) is 2.15. The number of hydrogen-bond acceptors (Lipinski definition) is 2. The molecule has 0 bridgehead atoms. The minimum absolute atomic E-state index is 0.294. The molecule has 0 saturated carbocycles. The molecule has 21 heavy (non-hydrogen) atoms. The molecule has 2 heteroatoms. The highest BCUT2D eigenvalue weighted by Gasteiger charge is 2.04. The highest BCUT2D eigenvalue weighted by molar-refractivity contribution is 5.49. The summed E-state index contributed by atoms with van der Waals surface area (Å²) in [5.74, 6) is 0.899. The van der Waals surface area contributed by atoms with Crippen LogP contribution in [0.25, 0.3) is 6.08 Å². The highest BCUT2D eigenvalue weighted by Crippen LogP contribution is 2.18. The van der Waals surface area contributed by atoms with Crippen molar-refractivity contribution < 1.29 is 4.74 Å². The van der Waals surface area contributed by atoms with E-state index in [1.54, 1.807) is 7.11 Å². The Bertz CT molecular complexity index is 587. The molecule has 0 spiro atoms. The maximum Gasteiger partial charge on any atom is 0.119 e. The van der Waals surface area contributed by atoms with Crippen molar-refractivity contribution in [2.45, 2.75) is 19.9 Å². The standard InChI is InChI=1S/C19H23NO/c1-15-9-11-17(12-10-15)6-5-13-20-16(2)18-7-4-8-19(14-18)21-3/h4-12,14,16,20H,13H2,1-3H3. The average molecular weight is 281 g/mol. The van der Waals surface area contributed by atoms with Crippen LogP contribution in [0.4, 0.5) is 0 Å². The zero-order chi connectivity index (χ0) is 15.1. The predicted octanol–water partition coefficient (Wildman–Crippen LogP) is 4.37. The molecule has 1 unspecified atom stereocenters. The lowest BCUT2D eigenvalue weighted by Crippen LogP contribution is -2.18. The van der Waals surface area contributed by atoms with Crippen molar-refractivity contribution in [3.8, 4) is 5.75 Å². The van der Waals surface area contributed by atoms with E-state index in [4.69, 9.17) is 4.74 Å². The minimum atomic E-state index is 0.294.